The number of ether oxygens (including phenoxy) is 2. The molecule has 2 atom stereocenters. The maximum Gasteiger partial charge on any atom is 0.194 e. The van der Waals surface area contributed by atoms with Gasteiger partial charge in [-0.3, -0.25) is 4.99 Å². The fraction of sp³-hybridized carbons (Fsp3) is 0.941. The molecular formula is C17H32IN3O3. The van der Waals surface area contributed by atoms with Gasteiger partial charge in [-0.1, -0.05) is 12.8 Å². The quantitative estimate of drug-likeness (QED) is 0.386. The lowest BCUT2D eigenvalue weighted by atomic mass is 10.0. The molecule has 3 fully saturated rings. The molecule has 0 aromatic carbocycles. The Bertz CT molecular complexity index is 410. The fourth-order valence-electron chi connectivity index (χ4n) is 3.83. The van der Waals surface area contributed by atoms with Gasteiger partial charge >= 0.3 is 0 Å². The van der Waals surface area contributed by atoms with E-state index in [9.17, 15) is 5.11 Å². The highest BCUT2D eigenvalue weighted by Gasteiger charge is 2.34. The van der Waals surface area contributed by atoms with Crippen LogP contribution in [0.5, 0.6) is 0 Å². The molecule has 0 aromatic rings. The lowest BCUT2D eigenvalue weighted by molar-refractivity contribution is -0.0817. The second-order valence-corrected chi connectivity index (χ2v) is 7.01. The molecule has 140 valence electrons. The number of guanidine groups is 1. The van der Waals surface area contributed by atoms with Gasteiger partial charge in [-0.15, -0.1) is 24.0 Å². The number of hydrogen-bond acceptors (Lipinski definition) is 4. The van der Waals surface area contributed by atoms with Gasteiger partial charge in [0.2, 0.25) is 0 Å². The Balaban J connectivity index is 0.00000208. The summed E-state index contributed by atoms with van der Waals surface area (Å²) in [5.41, 5.74) is -0.596. The zero-order valence-electron chi connectivity index (χ0n) is 14.7. The van der Waals surface area contributed by atoms with Crippen molar-refractivity contribution < 1.29 is 14.6 Å². The van der Waals surface area contributed by atoms with Gasteiger partial charge in [-0.2, -0.15) is 0 Å². The average molecular weight is 453 g/mol. The molecule has 0 aromatic heterocycles. The van der Waals surface area contributed by atoms with Crippen molar-refractivity contribution >= 4 is 29.9 Å². The summed E-state index contributed by atoms with van der Waals surface area (Å²) in [6, 6.07) is 0. The van der Waals surface area contributed by atoms with Crippen LogP contribution in [0.2, 0.25) is 0 Å². The molecule has 6 nitrogen and oxygen atoms in total. The zero-order chi connectivity index (χ0) is 16.1. The van der Waals surface area contributed by atoms with Crippen LogP contribution in [0.1, 0.15) is 45.4 Å². The number of aliphatic hydroxyl groups is 1. The third-order valence-electron chi connectivity index (χ3n) is 5.16. The Morgan fingerprint density at radius 1 is 1.21 bits per heavy atom. The average Bonchev–Trinajstić information content (AvgIpc) is 3.24. The van der Waals surface area contributed by atoms with E-state index >= 15 is 0 Å². The van der Waals surface area contributed by atoms with Crippen molar-refractivity contribution in [2.75, 3.05) is 39.4 Å². The topological polar surface area (TPSA) is 66.3 Å². The highest BCUT2D eigenvalue weighted by Crippen LogP contribution is 2.29. The fourth-order valence-corrected chi connectivity index (χ4v) is 3.83. The first kappa shape index (κ1) is 20.2. The van der Waals surface area contributed by atoms with Crippen LogP contribution in [0.15, 0.2) is 4.99 Å². The minimum atomic E-state index is -0.596. The van der Waals surface area contributed by atoms with E-state index in [0.717, 1.165) is 70.7 Å². The number of hydrogen-bond donors (Lipinski definition) is 2. The van der Waals surface area contributed by atoms with Gasteiger partial charge in [0, 0.05) is 26.2 Å². The Morgan fingerprint density at radius 3 is 2.62 bits per heavy atom. The van der Waals surface area contributed by atoms with Gasteiger partial charge in [-0.05, 0) is 32.6 Å². The van der Waals surface area contributed by atoms with Gasteiger partial charge in [0.1, 0.15) is 6.10 Å². The first-order valence-electron chi connectivity index (χ1n) is 9.19. The molecule has 1 saturated carbocycles. The van der Waals surface area contributed by atoms with Crippen molar-refractivity contribution in [3.8, 4) is 0 Å². The van der Waals surface area contributed by atoms with Crippen molar-refractivity contribution in [1.29, 1.82) is 0 Å². The lowest BCUT2D eigenvalue weighted by Gasteiger charge is -2.37. The van der Waals surface area contributed by atoms with E-state index in [4.69, 9.17) is 14.5 Å². The number of halogens is 1. The summed E-state index contributed by atoms with van der Waals surface area (Å²) < 4.78 is 11.7. The molecule has 0 bridgehead atoms. The van der Waals surface area contributed by atoms with Crippen LogP contribution in [-0.2, 0) is 9.47 Å². The minimum absolute atomic E-state index is 0. The van der Waals surface area contributed by atoms with Crippen molar-refractivity contribution in [3.05, 3.63) is 0 Å². The molecule has 2 N–H and O–H groups in total. The Labute approximate surface area is 162 Å². The van der Waals surface area contributed by atoms with Crippen LogP contribution in [-0.4, -0.2) is 73.2 Å². The standard InChI is InChI=1S/C17H31N3O3.HI/c1-2-18-16(19-13-17(21)7-3-4-8-17)20-9-11-23-15(12-20)14-6-5-10-22-14;/h14-15,21H,2-13H2,1H3,(H,18,19);1H. The van der Waals surface area contributed by atoms with Crippen molar-refractivity contribution in [1.82, 2.24) is 10.2 Å². The molecular weight excluding hydrogens is 421 g/mol. The summed E-state index contributed by atoms with van der Waals surface area (Å²) in [6.07, 6.45) is 6.54. The number of morpholine rings is 1. The van der Waals surface area contributed by atoms with E-state index in [0.29, 0.717) is 13.2 Å². The molecule has 1 aliphatic carbocycles. The predicted octanol–water partition coefficient (Wildman–Crippen LogP) is 1.75. The second-order valence-electron chi connectivity index (χ2n) is 7.01. The molecule has 0 spiro atoms. The summed E-state index contributed by atoms with van der Waals surface area (Å²) >= 11 is 0. The SMILES string of the molecule is CCNC(=NCC1(O)CCCC1)N1CCOC(C2CCCO2)C1.I. The Morgan fingerprint density at radius 2 is 1.96 bits per heavy atom. The summed E-state index contributed by atoms with van der Waals surface area (Å²) in [6.45, 7) is 6.63. The summed E-state index contributed by atoms with van der Waals surface area (Å²) in [5, 5.41) is 13.9. The van der Waals surface area contributed by atoms with Crippen molar-refractivity contribution in [3.63, 3.8) is 0 Å². The van der Waals surface area contributed by atoms with Gasteiger partial charge in [0.15, 0.2) is 5.96 Å². The Kier molecular flexibility index (Phi) is 8.03. The second kappa shape index (κ2) is 9.54. The number of aliphatic imine (C=N–C) groups is 1. The van der Waals surface area contributed by atoms with Crippen LogP contribution in [0.25, 0.3) is 0 Å². The molecule has 2 saturated heterocycles. The van der Waals surface area contributed by atoms with Crippen LogP contribution in [0.3, 0.4) is 0 Å². The van der Waals surface area contributed by atoms with Crippen molar-refractivity contribution in [2.45, 2.75) is 63.3 Å². The maximum atomic E-state index is 10.5. The van der Waals surface area contributed by atoms with E-state index in [1.165, 1.54) is 0 Å². The van der Waals surface area contributed by atoms with Crippen LogP contribution >= 0.6 is 24.0 Å². The first-order chi connectivity index (χ1) is 11.2. The molecule has 3 aliphatic rings. The Hall–Kier alpha value is -0.120. The first-order valence-corrected chi connectivity index (χ1v) is 9.19. The molecule has 7 heteroatoms. The molecule has 3 rings (SSSR count). The largest absolute Gasteiger partial charge is 0.388 e. The van der Waals surface area contributed by atoms with Crippen molar-refractivity contribution in [2.24, 2.45) is 4.99 Å². The van der Waals surface area contributed by atoms with Crippen LogP contribution in [0, 0.1) is 0 Å². The molecule has 24 heavy (non-hydrogen) atoms. The summed E-state index contributed by atoms with van der Waals surface area (Å²) in [4.78, 5) is 7.00. The van der Waals surface area contributed by atoms with E-state index in [2.05, 4.69) is 17.1 Å². The molecule has 2 aliphatic heterocycles. The van der Waals surface area contributed by atoms with E-state index < -0.39 is 5.60 Å². The van der Waals surface area contributed by atoms with Gasteiger partial charge < -0.3 is 24.8 Å². The van der Waals surface area contributed by atoms with Crippen LogP contribution < -0.4 is 5.32 Å². The van der Waals surface area contributed by atoms with Gasteiger partial charge in [0.05, 0.1) is 24.9 Å². The maximum absolute atomic E-state index is 10.5. The van der Waals surface area contributed by atoms with Gasteiger partial charge in [0.25, 0.3) is 0 Å². The third kappa shape index (κ3) is 5.19. The molecule has 2 heterocycles. The zero-order valence-corrected chi connectivity index (χ0v) is 17.0. The summed E-state index contributed by atoms with van der Waals surface area (Å²) in [7, 11) is 0. The normalized spacial score (nSPS) is 30.2. The van der Waals surface area contributed by atoms with E-state index in [-0.39, 0.29) is 36.2 Å². The number of nitrogens with one attached hydrogen (secondary N) is 1. The molecule has 0 amide bonds. The molecule has 2 unspecified atom stereocenters. The summed E-state index contributed by atoms with van der Waals surface area (Å²) in [5.74, 6) is 0.902. The minimum Gasteiger partial charge on any atom is -0.388 e. The highest BCUT2D eigenvalue weighted by molar-refractivity contribution is 14.0. The van der Waals surface area contributed by atoms with E-state index in [1.54, 1.807) is 0 Å². The van der Waals surface area contributed by atoms with Gasteiger partial charge in [-0.25, -0.2) is 0 Å². The number of nitrogens with zero attached hydrogens (tertiary/aromatic N) is 2. The number of rotatable bonds is 4. The lowest BCUT2D eigenvalue weighted by Crippen LogP contribution is -2.53. The highest BCUT2D eigenvalue weighted by atomic mass is 127. The smallest absolute Gasteiger partial charge is 0.194 e. The predicted molar refractivity (Wildman–Crippen MR) is 105 cm³/mol. The molecule has 0 radical (unpaired) electrons. The third-order valence-corrected chi connectivity index (χ3v) is 5.16. The van der Waals surface area contributed by atoms with E-state index in [1.807, 2.05) is 0 Å². The van der Waals surface area contributed by atoms with Crippen LogP contribution in [0.4, 0.5) is 0 Å². The monoisotopic (exact) mass is 453 g/mol.